The van der Waals surface area contributed by atoms with Crippen molar-refractivity contribution < 1.29 is 4.42 Å². The molecule has 1 aromatic rings. The van der Waals surface area contributed by atoms with Crippen LogP contribution in [0.3, 0.4) is 0 Å². The Hall–Kier alpha value is 0.200. The van der Waals surface area contributed by atoms with Gasteiger partial charge in [-0.2, -0.15) is 0 Å². The van der Waals surface area contributed by atoms with E-state index in [4.69, 9.17) is 4.42 Å². The van der Waals surface area contributed by atoms with Crippen molar-refractivity contribution >= 4 is 31.9 Å². The summed E-state index contributed by atoms with van der Waals surface area (Å²) in [7, 11) is 0. The second-order valence-electron chi connectivity index (χ2n) is 3.84. The van der Waals surface area contributed by atoms with E-state index in [0.29, 0.717) is 6.04 Å². The Kier molecular flexibility index (Phi) is 3.34. The molecule has 0 spiro atoms. The molecule has 2 nitrogen and oxygen atoms in total. The Morgan fingerprint density at radius 2 is 2.29 bits per heavy atom. The Morgan fingerprint density at radius 1 is 1.57 bits per heavy atom. The first-order valence-electron chi connectivity index (χ1n) is 4.84. The van der Waals surface area contributed by atoms with Crippen molar-refractivity contribution in [3.8, 4) is 0 Å². The topological polar surface area (TPSA) is 25.2 Å². The molecule has 1 aromatic heterocycles. The molecule has 1 unspecified atom stereocenters. The van der Waals surface area contributed by atoms with Gasteiger partial charge in [-0.3, -0.25) is 0 Å². The summed E-state index contributed by atoms with van der Waals surface area (Å²) in [4.78, 5) is 0. The third-order valence-corrected chi connectivity index (χ3v) is 4.33. The number of rotatable bonds is 4. The van der Waals surface area contributed by atoms with Gasteiger partial charge in [0.05, 0.1) is 11.0 Å². The van der Waals surface area contributed by atoms with Crippen LogP contribution in [-0.4, -0.2) is 6.04 Å². The average Bonchev–Trinajstić information content (AvgIpc) is 2.92. The van der Waals surface area contributed by atoms with Crippen LogP contribution in [0, 0.1) is 5.92 Å². The Bertz CT molecular complexity index is 300. The fourth-order valence-electron chi connectivity index (χ4n) is 1.50. The van der Waals surface area contributed by atoms with Crippen LogP contribution in [0.1, 0.15) is 25.5 Å². The summed E-state index contributed by atoms with van der Waals surface area (Å²) >= 11 is 6.72. The van der Waals surface area contributed by atoms with E-state index >= 15 is 0 Å². The summed E-state index contributed by atoms with van der Waals surface area (Å²) in [6.45, 7) is 3.05. The molecule has 0 bridgehead atoms. The predicted octanol–water partition coefficient (Wildman–Crippen LogP) is 3.69. The van der Waals surface area contributed by atoms with E-state index in [1.165, 1.54) is 12.8 Å². The zero-order valence-corrected chi connectivity index (χ0v) is 11.2. The summed E-state index contributed by atoms with van der Waals surface area (Å²) in [5, 5.41) is 3.47. The van der Waals surface area contributed by atoms with Gasteiger partial charge in [0.1, 0.15) is 5.76 Å². The molecular weight excluding hydrogens is 310 g/mol. The van der Waals surface area contributed by atoms with Gasteiger partial charge < -0.3 is 9.73 Å². The number of hydrogen-bond acceptors (Lipinski definition) is 2. The highest BCUT2D eigenvalue weighted by Gasteiger charge is 2.27. The fourth-order valence-corrected chi connectivity index (χ4v) is 2.16. The molecule has 1 fully saturated rings. The molecule has 0 radical (unpaired) electrons. The second-order valence-corrected chi connectivity index (χ2v) is 5.42. The van der Waals surface area contributed by atoms with Crippen molar-refractivity contribution in [1.29, 1.82) is 0 Å². The maximum absolute atomic E-state index is 5.47. The molecule has 1 N–H and O–H groups in total. The summed E-state index contributed by atoms with van der Waals surface area (Å²) in [5.41, 5.74) is 0. The lowest BCUT2D eigenvalue weighted by atomic mass is 10.2. The SMILES string of the molecule is CC(NCc1cc(Br)c(Br)o1)C1CC1. The standard InChI is InChI=1S/C10H13Br2NO/c1-6(7-2-3-7)13-5-8-4-9(11)10(12)14-8/h4,6-7,13H,2-3,5H2,1H3. The smallest absolute Gasteiger partial charge is 0.183 e. The number of halogens is 2. The minimum Gasteiger partial charge on any atom is -0.452 e. The zero-order chi connectivity index (χ0) is 10.1. The maximum Gasteiger partial charge on any atom is 0.183 e. The van der Waals surface area contributed by atoms with Crippen LogP contribution >= 0.6 is 31.9 Å². The van der Waals surface area contributed by atoms with Gasteiger partial charge in [0.15, 0.2) is 4.67 Å². The van der Waals surface area contributed by atoms with Crippen LogP contribution < -0.4 is 5.32 Å². The van der Waals surface area contributed by atoms with Gasteiger partial charge in [0.25, 0.3) is 0 Å². The summed E-state index contributed by atoms with van der Waals surface area (Å²) in [5.74, 6) is 1.85. The summed E-state index contributed by atoms with van der Waals surface area (Å²) in [6, 6.07) is 2.61. The minimum absolute atomic E-state index is 0.609. The van der Waals surface area contributed by atoms with Crippen LogP contribution in [0.2, 0.25) is 0 Å². The molecule has 0 aromatic carbocycles. The van der Waals surface area contributed by atoms with E-state index in [2.05, 4.69) is 44.1 Å². The van der Waals surface area contributed by atoms with E-state index in [0.717, 1.165) is 27.4 Å². The van der Waals surface area contributed by atoms with Crippen molar-refractivity contribution in [2.45, 2.75) is 32.4 Å². The quantitative estimate of drug-likeness (QED) is 0.914. The van der Waals surface area contributed by atoms with Crippen molar-refractivity contribution in [3.05, 3.63) is 21.0 Å². The van der Waals surface area contributed by atoms with E-state index in [1.807, 2.05) is 6.07 Å². The molecule has 2 rings (SSSR count). The normalized spacial score (nSPS) is 18.5. The largest absolute Gasteiger partial charge is 0.452 e. The monoisotopic (exact) mass is 321 g/mol. The van der Waals surface area contributed by atoms with Crippen molar-refractivity contribution in [1.82, 2.24) is 5.32 Å². The first-order valence-corrected chi connectivity index (χ1v) is 6.42. The van der Waals surface area contributed by atoms with E-state index in [-0.39, 0.29) is 0 Å². The average molecular weight is 323 g/mol. The Labute approximate surface area is 101 Å². The first kappa shape index (κ1) is 10.7. The van der Waals surface area contributed by atoms with Crippen molar-refractivity contribution in [3.63, 3.8) is 0 Å². The van der Waals surface area contributed by atoms with Gasteiger partial charge in [0.2, 0.25) is 0 Å². The molecular formula is C10H13Br2NO. The Morgan fingerprint density at radius 3 is 2.79 bits per heavy atom. The predicted molar refractivity (Wildman–Crippen MR) is 63.1 cm³/mol. The number of hydrogen-bond donors (Lipinski definition) is 1. The van der Waals surface area contributed by atoms with Gasteiger partial charge in [-0.05, 0) is 63.6 Å². The van der Waals surface area contributed by atoms with Crippen molar-refractivity contribution in [2.75, 3.05) is 0 Å². The molecule has 0 amide bonds. The van der Waals surface area contributed by atoms with Crippen LogP contribution in [0.4, 0.5) is 0 Å². The second kappa shape index (κ2) is 4.37. The number of nitrogens with one attached hydrogen (secondary N) is 1. The van der Waals surface area contributed by atoms with Gasteiger partial charge in [-0.1, -0.05) is 0 Å². The number of furan rings is 1. The molecule has 0 saturated heterocycles. The van der Waals surface area contributed by atoms with E-state index < -0.39 is 0 Å². The highest BCUT2D eigenvalue weighted by atomic mass is 79.9. The zero-order valence-electron chi connectivity index (χ0n) is 8.02. The van der Waals surface area contributed by atoms with Gasteiger partial charge in [-0.15, -0.1) is 0 Å². The van der Waals surface area contributed by atoms with Crippen LogP contribution in [0.25, 0.3) is 0 Å². The van der Waals surface area contributed by atoms with Gasteiger partial charge in [-0.25, -0.2) is 0 Å². The lowest BCUT2D eigenvalue weighted by Gasteiger charge is -2.10. The molecule has 14 heavy (non-hydrogen) atoms. The minimum atomic E-state index is 0.609. The molecule has 1 saturated carbocycles. The summed E-state index contributed by atoms with van der Waals surface area (Å²) in [6.07, 6.45) is 2.75. The third-order valence-electron chi connectivity index (χ3n) is 2.62. The van der Waals surface area contributed by atoms with Crippen molar-refractivity contribution in [2.24, 2.45) is 5.92 Å². The van der Waals surface area contributed by atoms with Crippen LogP contribution in [0.15, 0.2) is 19.6 Å². The highest BCUT2D eigenvalue weighted by Crippen LogP contribution is 2.32. The van der Waals surface area contributed by atoms with Gasteiger partial charge >= 0.3 is 0 Å². The lowest BCUT2D eigenvalue weighted by molar-refractivity contribution is 0.425. The maximum atomic E-state index is 5.47. The lowest BCUT2D eigenvalue weighted by Crippen LogP contribution is -2.26. The molecule has 78 valence electrons. The van der Waals surface area contributed by atoms with Gasteiger partial charge in [0, 0.05) is 6.04 Å². The molecule has 1 aliphatic carbocycles. The molecule has 1 atom stereocenters. The fraction of sp³-hybridized carbons (Fsp3) is 0.600. The summed E-state index contributed by atoms with van der Waals surface area (Å²) < 4.78 is 7.22. The van der Waals surface area contributed by atoms with E-state index in [9.17, 15) is 0 Å². The van der Waals surface area contributed by atoms with Crippen LogP contribution in [0.5, 0.6) is 0 Å². The first-order chi connectivity index (χ1) is 6.66. The Balaban J connectivity index is 1.84. The molecule has 1 heterocycles. The van der Waals surface area contributed by atoms with E-state index in [1.54, 1.807) is 0 Å². The molecule has 0 aliphatic heterocycles. The highest BCUT2D eigenvalue weighted by molar-refractivity contribution is 9.13. The molecule has 4 heteroatoms. The third kappa shape index (κ3) is 2.61. The van der Waals surface area contributed by atoms with Crippen LogP contribution in [-0.2, 0) is 6.54 Å². The molecule has 1 aliphatic rings.